The Morgan fingerprint density at radius 2 is 2.09 bits per heavy atom. The molecule has 2 heterocycles. The molecule has 1 aromatic carbocycles. The summed E-state index contributed by atoms with van der Waals surface area (Å²) in [6.45, 7) is 1.23. The van der Waals surface area contributed by atoms with Gasteiger partial charge in [-0.3, -0.25) is 4.68 Å². The highest BCUT2D eigenvalue weighted by Gasteiger charge is 2.35. The second-order valence-corrected chi connectivity index (χ2v) is 5.06. The lowest BCUT2D eigenvalue weighted by molar-refractivity contribution is -0.137. The van der Waals surface area contributed by atoms with E-state index in [9.17, 15) is 13.2 Å². The lowest BCUT2D eigenvalue weighted by Gasteiger charge is -2.16. The first kappa shape index (κ1) is 14.6. The third-order valence-corrected chi connectivity index (χ3v) is 3.71. The molecule has 0 saturated carbocycles. The van der Waals surface area contributed by atoms with Crippen LogP contribution in [-0.2, 0) is 25.7 Å². The first-order chi connectivity index (χ1) is 10.5. The van der Waals surface area contributed by atoms with E-state index in [0.717, 1.165) is 23.9 Å². The number of halogens is 3. The molecule has 1 aliphatic heterocycles. The van der Waals surface area contributed by atoms with E-state index in [-0.39, 0.29) is 12.1 Å². The monoisotopic (exact) mass is 306 g/mol. The molecule has 22 heavy (non-hydrogen) atoms. The number of hydrogen-bond acceptors (Lipinski definition) is 3. The zero-order chi connectivity index (χ0) is 15.7. The van der Waals surface area contributed by atoms with Crippen molar-refractivity contribution in [3.63, 3.8) is 0 Å². The van der Waals surface area contributed by atoms with E-state index in [1.165, 1.54) is 16.8 Å². The molecule has 0 amide bonds. The van der Waals surface area contributed by atoms with Gasteiger partial charge in [-0.05, 0) is 6.07 Å². The van der Waals surface area contributed by atoms with Crippen molar-refractivity contribution in [2.45, 2.75) is 25.7 Å². The fourth-order valence-corrected chi connectivity index (χ4v) is 2.77. The van der Waals surface area contributed by atoms with E-state index in [0.29, 0.717) is 18.7 Å². The van der Waals surface area contributed by atoms with Gasteiger partial charge in [-0.1, -0.05) is 18.2 Å². The number of hydrogen-bond donors (Lipinski definition) is 1. The zero-order valence-electron chi connectivity index (χ0n) is 11.6. The average Bonchev–Trinajstić information content (AvgIpc) is 2.86. The average molecular weight is 306 g/mol. The van der Waals surface area contributed by atoms with Gasteiger partial charge >= 0.3 is 6.18 Å². The summed E-state index contributed by atoms with van der Waals surface area (Å²) in [5.41, 5.74) is 1.26. The molecule has 0 spiro atoms. The second-order valence-electron chi connectivity index (χ2n) is 5.06. The van der Waals surface area contributed by atoms with Crippen molar-refractivity contribution in [1.82, 2.24) is 15.1 Å². The summed E-state index contributed by atoms with van der Waals surface area (Å²) >= 11 is 0. The molecule has 7 heteroatoms. The summed E-state index contributed by atoms with van der Waals surface area (Å²) < 4.78 is 41.2. The third kappa shape index (κ3) is 2.46. The molecule has 0 radical (unpaired) electrons. The minimum Gasteiger partial charge on any atom is -0.312 e. The number of aromatic nitrogens is 2. The van der Waals surface area contributed by atoms with Crippen LogP contribution in [-0.4, -0.2) is 16.3 Å². The van der Waals surface area contributed by atoms with Crippen LogP contribution in [0.15, 0.2) is 24.3 Å². The van der Waals surface area contributed by atoms with E-state index >= 15 is 0 Å². The quantitative estimate of drug-likeness (QED) is 0.928. The van der Waals surface area contributed by atoms with Crippen LogP contribution < -0.4 is 5.32 Å². The number of alkyl halides is 3. The number of fused-ring (bicyclic) bond motifs is 1. The smallest absolute Gasteiger partial charge is 0.312 e. The molecule has 1 N–H and O–H groups in total. The van der Waals surface area contributed by atoms with Crippen LogP contribution in [0.5, 0.6) is 0 Å². The molecule has 3 rings (SSSR count). The van der Waals surface area contributed by atoms with Gasteiger partial charge in [0.05, 0.1) is 17.3 Å². The Morgan fingerprint density at radius 1 is 1.32 bits per heavy atom. The summed E-state index contributed by atoms with van der Waals surface area (Å²) in [7, 11) is 0. The van der Waals surface area contributed by atoms with Crippen LogP contribution in [0.4, 0.5) is 13.2 Å². The molecule has 4 nitrogen and oxygen atoms in total. The van der Waals surface area contributed by atoms with E-state index in [4.69, 9.17) is 5.26 Å². The van der Waals surface area contributed by atoms with Crippen molar-refractivity contribution >= 4 is 0 Å². The molecule has 1 aliphatic rings. The van der Waals surface area contributed by atoms with Gasteiger partial charge in [-0.25, -0.2) is 0 Å². The topological polar surface area (TPSA) is 53.6 Å². The van der Waals surface area contributed by atoms with Gasteiger partial charge in [0.1, 0.15) is 6.54 Å². The molecule has 0 aliphatic carbocycles. The maximum Gasteiger partial charge on any atom is 0.417 e. The maximum atomic E-state index is 13.2. The minimum absolute atomic E-state index is 0.0382. The van der Waals surface area contributed by atoms with Crippen molar-refractivity contribution in [2.75, 3.05) is 6.54 Å². The normalized spacial score (nSPS) is 14.5. The van der Waals surface area contributed by atoms with E-state index in [1.54, 1.807) is 6.07 Å². The number of benzene rings is 1. The van der Waals surface area contributed by atoms with Crippen LogP contribution in [0, 0.1) is 11.3 Å². The molecular formula is C15H13F3N4. The van der Waals surface area contributed by atoms with Gasteiger partial charge in [0.2, 0.25) is 0 Å². The molecule has 0 saturated heterocycles. The van der Waals surface area contributed by atoms with E-state index in [1.807, 2.05) is 6.07 Å². The Kier molecular flexibility index (Phi) is 3.62. The van der Waals surface area contributed by atoms with Crippen molar-refractivity contribution in [3.8, 4) is 17.3 Å². The lowest BCUT2D eigenvalue weighted by atomic mass is 9.98. The predicted molar refractivity (Wildman–Crippen MR) is 73.7 cm³/mol. The van der Waals surface area contributed by atoms with Gasteiger partial charge in [0.15, 0.2) is 0 Å². The summed E-state index contributed by atoms with van der Waals surface area (Å²) in [4.78, 5) is 0. The summed E-state index contributed by atoms with van der Waals surface area (Å²) in [6.07, 6.45) is -3.79. The van der Waals surface area contributed by atoms with Crippen LogP contribution >= 0.6 is 0 Å². The molecule has 0 atom stereocenters. The Bertz CT molecular complexity index is 740. The number of nitrogens with one attached hydrogen (secondary N) is 1. The standard InChI is InChI=1S/C15H13F3N4/c16-15(17,18)12-4-2-1-3-10(12)14-11-9-20-7-5-13(11)22(21-14)8-6-19/h1-4,20H,5,7-9H2. The third-order valence-electron chi connectivity index (χ3n) is 3.71. The highest BCUT2D eigenvalue weighted by molar-refractivity contribution is 5.69. The van der Waals surface area contributed by atoms with Crippen LogP contribution in [0.2, 0.25) is 0 Å². The maximum absolute atomic E-state index is 13.2. The molecule has 114 valence electrons. The Morgan fingerprint density at radius 3 is 2.82 bits per heavy atom. The summed E-state index contributed by atoms with van der Waals surface area (Å²) in [5.74, 6) is 0. The Hall–Kier alpha value is -2.33. The van der Waals surface area contributed by atoms with Crippen molar-refractivity contribution in [2.24, 2.45) is 0 Å². The zero-order valence-corrected chi connectivity index (χ0v) is 11.6. The van der Waals surface area contributed by atoms with Gasteiger partial charge in [0, 0.05) is 36.3 Å². The fraction of sp³-hybridized carbons (Fsp3) is 0.333. The fourth-order valence-electron chi connectivity index (χ4n) is 2.77. The van der Waals surface area contributed by atoms with Crippen molar-refractivity contribution in [3.05, 3.63) is 41.1 Å². The highest BCUT2D eigenvalue weighted by atomic mass is 19.4. The number of nitriles is 1. The highest BCUT2D eigenvalue weighted by Crippen LogP contribution is 2.38. The van der Waals surface area contributed by atoms with Crippen molar-refractivity contribution in [1.29, 1.82) is 5.26 Å². The van der Waals surface area contributed by atoms with Crippen molar-refractivity contribution < 1.29 is 13.2 Å². The largest absolute Gasteiger partial charge is 0.417 e. The van der Waals surface area contributed by atoms with Gasteiger partial charge in [-0.2, -0.15) is 23.5 Å². The van der Waals surface area contributed by atoms with Gasteiger partial charge in [-0.15, -0.1) is 0 Å². The first-order valence-corrected chi connectivity index (χ1v) is 6.85. The van der Waals surface area contributed by atoms with Crippen LogP contribution in [0.3, 0.4) is 0 Å². The predicted octanol–water partition coefficient (Wildman–Crippen LogP) is 2.74. The number of nitrogens with zero attached hydrogens (tertiary/aromatic N) is 3. The summed E-state index contributed by atoms with van der Waals surface area (Å²) in [6, 6.07) is 7.42. The van der Waals surface area contributed by atoms with Crippen LogP contribution in [0.1, 0.15) is 16.8 Å². The second kappa shape index (κ2) is 5.46. The number of rotatable bonds is 2. The Balaban J connectivity index is 2.20. The minimum atomic E-state index is -4.44. The first-order valence-electron chi connectivity index (χ1n) is 6.85. The molecule has 1 aromatic heterocycles. The molecule has 0 fully saturated rings. The van der Waals surface area contributed by atoms with Gasteiger partial charge < -0.3 is 5.32 Å². The summed E-state index contributed by atoms with van der Waals surface area (Å²) in [5, 5.41) is 16.3. The van der Waals surface area contributed by atoms with E-state index < -0.39 is 11.7 Å². The van der Waals surface area contributed by atoms with Crippen LogP contribution in [0.25, 0.3) is 11.3 Å². The van der Waals surface area contributed by atoms with Gasteiger partial charge in [0.25, 0.3) is 0 Å². The molecular weight excluding hydrogens is 293 g/mol. The molecule has 2 aromatic rings. The molecule has 0 bridgehead atoms. The lowest BCUT2D eigenvalue weighted by Crippen LogP contribution is -2.25. The van der Waals surface area contributed by atoms with E-state index in [2.05, 4.69) is 10.4 Å². The SMILES string of the molecule is N#CCn1nc(-c2ccccc2C(F)(F)F)c2c1CCNC2. The molecule has 0 unspecified atom stereocenters. The Labute approximate surface area is 125 Å².